The summed E-state index contributed by atoms with van der Waals surface area (Å²) in [6, 6.07) is 0.549. The van der Waals surface area contributed by atoms with Crippen molar-refractivity contribution in [2.45, 2.75) is 19.9 Å². The summed E-state index contributed by atoms with van der Waals surface area (Å²) >= 11 is 0. The number of benzene rings is 1. The van der Waals surface area contributed by atoms with Crippen molar-refractivity contribution in [3.05, 3.63) is 22.8 Å². The SMILES string of the molecule is COc1cc(C(N)C(=O)O)c(C)c(C)c1OC. The van der Waals surface area contributed by atoms with Crippen molar-refractivity contribution in [1.82, 2.24) is 0 Å². The lowest BCUT2D eigenvalue weighted by molar-refractivity contribution is -0.138. The van der Waals surface area contributed by atoms with Gasteiger partial charge in [0.15, 0.2) is 11.5 Å². The van der Waals surface area contributed by atoms with Crippen LogP contribution in [-0.2, 0) is 4.79 Å². The number of carbonyl (C=O) groups is 1. The monoisotopic (exact) mass is 239 g/mol. The standard InChI is InChI=1S/C12H17NO4/c1-6-7(2)11(17-4)9(16-3)5-8(6)10(13)12(14)15/h5,10H,13H2,1-4H3,(H,14,15). The average molecular weight is 239 g/mol. The van der Waals surface area contributed by atoms with E-state index in [1.807, 2.05) is 13.8 Å². The van der Waals surface area contributed by atoms with Crippen molar-refractivity contribution in [3.8, 4) is 11.5 Å². The Morgan fingerprint density at radius 3 is 2.29 bits per heavy atom. The Morgan fingerprint density at radius 1 is 1.29 bits per heavy atom. The normalized spacial score (nSPS) is 12.1. The third-order valence-electron chi connectivity index (χ3n) is 2.87. The van der Waals surface area contributed by atoms with Crippen molar-refractivity contribution in [2.24, 2.45) is 5.73 Å². The minimum absolute atomic E-state index is 0.488. The first-order valence-electron chi connectivity index (χ1n) is 5.14. The fourth-order valence-corrected chi connectivity index (χ4v) is 1.75. The fourth-order valence-electron chi connectivity index (χ4n) is 1.75. The van der Waals surface area contributed by atoms with Gasteiger partial charge in [-0.25, -0.2) is 0 Å². The van der Waals surface area contributed by atoms with Crippen molar-refractivity contribution in [1.29, 1.82) is 0 Å². The topological polar surface area (TPSA) is 81.8 Å². The van der Waals surface area contributed by atoms with E-state index in [0.717, 1.165) is 11.1 Å². The zero-order valence-corrected chi connectivity index (χ0v) is 10.4. The fraction of sp³-hybridized carbons (Fsp3) is 0.417. The molecule has 1 unspecified atom stereocenters. The minimum Gasteiger partial charge on any atom is -0.493 e. The molecule has 0 aliphatic heterocycles. The van der Waals surface area contributed by atoms with Gasteiger partial charge in [-0.05, 0) is 36.6 Å². The summed E-state index contributed by atoms with van der Waals surface area (Å²) in [5.74, 6) is 0.0216. The summed E-state index contributed by atoms with van der Waals surface area (Å²) in [7, 11) is 3.05. The molecule has 1 atom stereocenters. The number of aliphatic carboxylic acids is 1. The summed E-state index contributed by atoms with van der Waals surface area (Å²) in [4.78, 5) is 10.9. The first-order valence-corrected chi connectivity index (χ1v) is 5.14. The van der Waals surface area contributed by atoms with Crippen molar-refractivity contribution in [2.75, 3.05) is 14.2 Å². The Labute approximate surface area is 100 Å². The molecule has 0 aromatic heterocycles. The second kappa shape index (κ2) is 5.05. The molecule has 0 radical (unpaired) electrons. The third kappa shape index (κ3) is 2.34. The van der Waals surface area contributed by atoms with E-state index in [9.17, 15) is 4.79 Å². The maximum absolute atomic E-state index is 10.9. The lowest BCUT2D eigenvalue weighted by atomic mass is 9.96. The van der Waals surface area contributed by atoms with Gasteiger partial charge < -0.3 is 20.3 Å². The Kier molecular flexibility index (Phi) is 3.96. The van der Waals surface area contributed by atoms with Crippen LogP contribution in [0.15, 0.2) is 6.07 Å². The van der Waals surface area contributed by atoms with Crippen LogP contribution in [0.4, 0.5) is 0 Å². The van der Waals surface area contributed by atoms with E-state index in [1.165, 1.54) is 7.11 Å². The molecule has 0 saturated heterocycles. The van der Waals surface area contributed by atoms with Gasteiger partial charge in [0, 0.05) is 0 Å². The van der Waals surface area contributed by atoms with Gasteiger partial charge in [0.05, 0.1) is 14.2 Å². The van der Waals surface area contributed by atoms with Crippen LogP contribution in [0, 0.1) is 13.8 Å². The molecule has 0 heterocycles. The highest BCUT2D eigenvalue weighted by Crippen LogP contribution is 2.36. The molecule has 0 saturated carbocycles. The molecule has 0 aliphatic carbocycles. The van der Waals surface area contributed by atoms with Crippen LogP contribution in [-0.4, -0.2) is 25.3 Å². The van der Waals surface area contributed by atoms with E-state index in [2.05, 4.69) is 0 Å². The van der Waals surface area contributed by atoms with E-state index in [-0.39, 0.29) is 0 Å². The minimum atomic E-state index is -1.07. The first kappa shape index (κ1) is 13.3. The van der Waals surface area contributed by atoms with E-state index in [4.69, 9.17) is 20.3 Å². The zero-order valence-electron chi connectivity index (χ0n) is 10.4. The largest absolute Gasteiger partial charge is 0.493 e. The molecule has 5 nitrogen and oxygen atoms in total. The Morgan fingerprint density at radius 2 is 1.88 bits per heavy atom. The second-order valence-corrected chi connectivity index (χ2v) is 3.77. The van der Waals surface area contributed by atoms with Crippen molar-refractivity contribution >= 4 is 5.97 Å². The molecule has 0 spiro atoms. The molecule has 94 valence electrons. The number of hydrogen-bond acceptors (Lipinski definition) is 4. The molecular weight excluding hydrogens is 222 g/mol. The maximum Gasteiger partial charge on any atom is 0.325 e. The molecule has 0 fully saturated rings. The smallest absolute Gasteiger partial charge is 0.325 e. The summed E-state index contributed by atoms with van der Waals surface area (Å²) in [5.41, 5.74) is 7.80. The number of rotatable bonds is 4. The van der Waals surface area contributed by atoms with E-state index in [1.54, 1.807) is 13.2 Å². The lowest BCUT2D eigenvalue weighted by Gasteiger charge is -2.18. The number of nitrogens with two attached hydrogens (primary N) is 1. The van der Waals surface area contributed by atoms with Crippen molar-refractivity contribution in [3.63, 3.8) is 0 Å². The molecule has 1 aromatic carbocycles. The number of ether oxygens (including phenoxy) is 2. The molecule has 3 N–H and O–H groups in total. The van der Waals surface area contributed by atoms with Gasteiger partial charge in [0.1, 0.15) is 6.04 Å². The first-order chi connectivity index (χ1) is 7.93. The van der Waals surface area contributed by atoms with Crippen LogP contribution in [0.1, 0.15) is 22.7 Å². The summed E-state index contributed by atoms with van der Waals surface area (Å²) in [5, 5.41) is 8.94. The van der Waals surface area contributed by atoms with Crippen LogP contribution >= 0.6 is 0 Å². The Hall–Kier alpha value is -1.75. The lowest BCUT2D eigenvalue weighted by Crippen LogP contribution is -2.22. The van der Waals surface area contributed by atoms with E-state index >= 15 is 0 Å². The van der Waals surface area contributed by atoms with E-state index < -0.39 is 12.0 Å². The quantitative estimate of drug-likeness (QED) is 0.830. The van der Waals surface area contributed by atoms with Crippen molar-refractivity contribution < 1.29 is 19.4 Å². The molecule has 17 heavy (non-hydrogen) atoms. The van der Waals surface area contributed by atoms with Crippen LogP contribution in [0.5, 0.6) is 11.5 Å². The molecule has 1 aromatic rings. The highest BCUT2D eigenvalue weighted by Gasteiger charge is 2.21. The number of carboxylic acid groups (broad SMARTS) is 1. The van der Waals surface area contributed by atoms with Gasteiger partial charge in [-0.1, -0.05) is 0 Å². The van der Waals surface area contributed by atoms with Gasteiger partial charge in [-0.2, -0.15) is 0 Å². The molecule has 0 amide bonds. The molecular formula is C12H17NO4. The number of carboxylic acids is 1. The predicted octanol–water partition coefficient (Wildman–Crippen LogP) is 1.41. The number of methoxy groups -OCH3 is 2. The molecule has 0 aliphatic rings. The van der Waals surface area contributed by atoms with Gasteiger partial charge in [-0.15, -0.1) is 0 Å². The van der Waals surface area contributed by atoms with Gasteiger partial charge in [-0.3, -0.25) is 4.79 Å². The Bertz CT molecular complexity index is 443. The van der Waals surface area contributed by atoms with E-state index in [0.29, 0.717) is 17.1 Å². The maximum atomic E-state index is 10.9. The highest BCUT2D eigenvalue weighted by atomic mass is 16.5. The van der Waals surface area contributed by atoms with Gasteiger partial charge in [0.2, 0.25) is 0 Å². The van der Waals surface area contributed by atoms with Gasteiger partial charge >= 0.3 is 5.97 Å². The summed E-state index contributed by atoms with van der Waals surface area (Å²) < 4.78 is 10.4. The van der Waals surface area contributed by atoms with Crippen LogP contribution in [0.3, 0.4) is 0 Å². The molecule has 5 heteroatoms. The zero-order chi connectivity index (χ0) is 13.2. The summed E-state index contributed by atoms with van der Waals surface area (Å²) in [6.07, 6.45) is 0. The van der Waals surface area contributed by atoms with Gasteiger partial charge in [0.25, 0.3) is 0 Å². The van der Waals surface area contributed by atoms with Crippen LogP contribution in [0.25, 0.3) is 0 Å². The average Bonchev–Trinajstić information content (AvgIpc) is 2.31. The molecule has 1 rings (SSSR count). The highest BCUT2D eigenvalue weighted by molar-refractivity contribution is 5.76. The third-order valence-corrected chi connectivity index (χ3v) is 2.87. The predicted molar refractivity (Wildman–Crippen MR) is 63.6 cm³/mol. The second-order valence-electron chi connectivity index (χ2n) is 3.77. The molecule has 0 bridgehead atoms. The van der Waals surface area contributed by atoms with Crippen LogP contribution < -0.4 is 15.2 Å². The number of hydrogen-bond donors (Lipinski definition) is 2. The van der Waals surface area contributed by atoms with Crippen LogP contribution in [0.2, 0.25) is 0 Å². The summed E-state index contributed by atoms with van der Waals surface area (Å²) in [6.45, 7) is 3.66. The Balaban J connectivity index is 3.44.